The highest BCUT2D eigenvalue weighted by Crippen LogP contribution is 2.34. The fourth-order valence-corrected chi connectivity index (χ4v) is 4.53. The summed E-state index contributed by atoms with van der Waals surface area (Å²) < 4.78 is 13.6. The fourth-order valence-electron chi connectivity index (χ4n) is 3.48. The first-order valence-corrected chi connectivity index (χ1v) is 10.0. The lowest BCUT2D eigenvalue weighted by Crippen LogP contribution is -2.20. The topological polar surface area (TPSA) is 61.3 Å². The van der Waals surface area contributed by atoms with Crippen LogP contribution in [0.4, 0.5) is 10.2 Å². The predicted molar refractivity (Wildman–Crippen MR) is 107 cm³/mol. The molecule has 3 heterocycles. The molecule has 1 fully saturated rings. The predicted octanol–water partition coefficient (Wildman–Crippen LogP) is 4.36. The van der Waals surface area contributed by atoms with Crippen molar-refractivity contribution in [2.75, 3.05) is 18.4 Å². The minimum absolute atomic E-state index is 0.333. The van der Waals surface area contributed by atoms with Gasteiger partial charge in [-0.3, -0.25) is 4.90 Å². The van der Waals surface area contributed by atoms with Crippen molar-refractivity contribution in [3.8, 4) is 5.75 Å². The minimum atomic E-state index is -0.612. The number of nitrogens with zero attached hydrogens (tertiary/aromatic N) is 3. The molecule has 0 spiro atoms. The standard InChI is InChI=1S/C20H23FN4OS/c1-12-13(2)27-20-18(12)19(22-10-14-5-6-16(26)15(21)9-14)23-17(24-20)11-25-7-3-4-8-25/h5-6,9,26H,3-4,7-8,10-11H2,1-2H3,(H,22,23,24). The average Bonchev–Trinajstić information content (AvgIpc) is 3.24. The van der Waals surface area contributed by atoms with Crippen LogP contribution in [-0.2, 0) is 13.1 Å². The summed E-state index contributed by atoms with van der Waals surface area (Å²) in [7, 11) is 0. The first-order valence-electron chi connectivity index (χ1n) is 9.21. The van der Waals surface area contributed by atoms with Gasteiger partial charge >= 0.3 is 0 Å². The van der Waals surface area contributed by atoms with Crippen LogP contribution in [0.1, 0.15) is 34.7 Å². The van der Waals surface area contributed by atoms with Gasteiger partial charge in [-0.25, -0.2) is 14.4 Å². The van der Waals surface area contributed by atoms with Crippen molar-refractivity contribution in [2.45, 2.75) is 39.8 Å². The Morgan fingerprint density at radius 1 is 1.22 bits per heavy atom. The molecule has 0 amide bonds. The molecule has 5 nitrogen and oxygen atoms in total. The average molecular weight is 386 g/mol. The third-order valence-electron chi connectivity index (χ3n) is 5.11. The summed E-state index contributed by atoms with van der Waals surface area (Å²) >= 11 is 1.69. The second-order valence-corrected chi connectivity index (χ2v) is 8.28. The molecule has 7 heteroatoms. The summed E-state index contributed by atoms with van der Waals surface area (Å²) in [5.41, 5.74) is 1.94. The van der Waals surface area contributed by atoms with E-state index in [0.717, 1.165) is 47.1 Å². The monoisotopic (exact) mass is 386 g/mol. The van der Waals surface area contributed by atoms with Gasteiger partial charge in [-0.05, 0) is 63.0 Å². The van der Waals surface area contributed by atoms with Crippen LogP contribution in [0.25, 0.3) is 10.2 Å². The molecule has 0 saturated carbocycles. The number of aromatic hydroxyl groups is 1. The summed E-state index contributed by atoms with van der Waals surface area (Å²) in [6.45, 7) is 7.57. The van der Waals surface area contributed by atoms with Crippen molar-refractivity contribution in [2.24, 2.45) is 0 Å². The van der Waals surface area contributed by atoms with Crippen LogP contribution in [0.15, 0.2) is 18.2 Å². The van der Waals surface area contributed by atoms with Crippen molar-refractivity contribution in [3.63, 3.8) is 0 Å². The highest BCUT2D eigenvalue weighted by molar-refractivity contribution is 7.18. The third kappa shape index (κ3) is 3.75. The number of benzene rings is 1. The van der Waals surface area contributed by atoms with Crippen LogP contribution in [0.2, 0.25) is 0 Å². The van der Waals surface area contributed by atoms with Crippen LogP contribution in [0, 0.1) is 19.7 Å². The van der Waals surface area contributed by atoms with Crippen LogP contribution in [0.5, 0.6) is 5.75 Å². The number of likely N-dealkylation sites (tertiary alicyclic amines) is 1. The second kappa shape index (κ2) is 7.40. The van der Waals surface area contributed by atoms with Gasteiger partial charge < -0.3 is 10.4 Å². The molecule has 1 saturated heterocycles. The van der Waals surface area contributed by atoms with E-state index in [9.17, 15) is 9.50 Å². The number of hydrogen-bond donors (Lipinski definition) is 2. The highest BCUT2D eigenvalue weighted by atomic mass is 32.1. The molecule has 1 aromatic carbocycles. The van der Waals surface area contributed by atoms with Crippen LogP contribution in [-0.4, -0.2) is 33.1 Å². The SMILES string of the molecule is Cc1sc2nc(CN3CCCC3)nc(NCc3ccc(O)c(F)c3)c2c1C. The van der Waals surface area contributed by atoms with Gasteiger partial charge in [0.2, 0.25) is 0 Å². The molecule has 2 N–H and O–H groups in total. The van der Waals surface area contributed by atoms with Crippen LogP contribution >= 0.6 is 11.3 Å². The second-order valence-electron chi connectivity index (χ2n) is 7.07. The Bertz CT molecular complexity index is 982. The molecule has 0 aliphatic carbocycles. The van der Waals surface area contributed by atoms with Gasteiger partial charge in [0.25, 0.3) is 0 Å². The number of fused-ring (bicyclic) bond motifs is 1. The Labute approximate surface area is 161 Å². The maximum atomic E-state index is 13.6. The molecule has 27 heavy (non-hydrogen) atoms. The van der Waals surface area contributed by atoms with Crippen molar-refractivity contribution < 1.29 is 9.50 Å². The summed E-state index contributed by atoms with van der Waals surface area (Å²) in [5, 5.41) is 13.8. The van der Waals surface area contributed by atoms with Crippen LogP contribution < -0.4 is 5.32 Å². The molecule has 2 aromatic heterocycles. The maximum absolute atomic E-state index is 13.6. The molecular formula is C20H23FN4OS. The van der Waals surface area contributed by atoms with E-state index in [-0.39, 0.29) is 5.75 Å². The van der Waals surface area contributed by atoms with Gasteiger partial charge in [0.15, 0.2) is 11.6 Å². The van der Waals surface area contributed by atoms with Gasteiger partial charge in [0.1, 0.15) is 16.5 Å². The lowest BCUT2D eigenvalue weighted by Gasteiger charge is -2.15. The molecule has 142 valence electrons. The van der Waals surface area contributed by atoms with E-state index in [0.29, 0.717) is 6.54 Å². The van der Waals surface area contributed by atoms with E-state index >= 15 is 0 Å². The first kappa shape index (κ1) is 18.1. The molecule has 0 atom stereocenters. The van der Waals surface area contributed by atoms with E-state index in [2.05, 4.69) is 24.1 Å². The maximum Gasteiger partial charge on any atom is 0.165 e. The van der Waals surface area contributed by atoms with Gasteiger partial charge in [-0.15, -0.1) is 11.3 Å². The Balaban J connectivity index is 1.64. The lowest BCUT2D eigenvalue weighted by atomic mass is 10.2. The Morgan fingerprint density at radius 2 is 2.00 bits per heavy atom. The Morgan fingerprint density at radius 3 is 2.74 bits per heavy atom. The van der Waals surface area contributed by atoms with Crippen molar-refractivity contribution in [3.05, 3.63) is 45.8 Å². The summed E-state index contributed by atoms with van der Waals surface area (Å²) in [6.07, 6.45) is 2.47. The zero-order valence-corrected chi connectivity index (χ0v) is 16.4. The van der Waals surface area contributed by atoms with Gasteiger partial charge in [-0.1, -0.05) is 6.07 Å². The van der Waals surface area contributed by atoms with Crippen molar-refractivity contribution in [1.29, 1.82) is 0 Å². The van der Waals surface area contributed by atoms with E-state index in [1.807, 2.05) is 0 Å². The number of thiophene rings is 1. The molecule has 1 aliphatic rings. The van der Waals surface area contributed by atoms with E-state index in [4.69, 9.17) is 9.97 Å². The molecular weight excluding hydrogens is 363 g/mol. The number of nitrogens with one attached hydrogen (secondary N) is 1. The Hall–Kier alpha value is -2.25. The van der Waals surface area contributed by atoms with Crippen molar-refractivity contribution in [1.82, 2.24) is 14.9 Å². The molecule has 4 rings (SSSR count). The minimum Gasteiger partial charge on any atom is -0.505 e. The first-order chi connectivity index (χ1) is 13.0. The molecule has 0 bridgehead atoms. The number of phenols is 1. The summed E-state index contributed by atoms with van der Waals surface area (Å²) in [4.78, 5) is 14.2. The van der Waals surface area contributed by atoms with Gasteiger partial charge in [-0.2, -0.15) is 0 Å². The number of rotatable bonds is 5. The Kier molecular flexibility index (Phi) is 4.97. The molecule has 0 unspecified atom stereocenters. The van der Waals surface area contributed by atoms with E-state index < -0.39 is 5.82 Å². The molecule has 0 radical (unpaired) electrons. The number of aryl methyl sites for hydroxylation is 2. The number of phenolic OH excluding ortho intramolecular Hbond substituents is 1. The zero-order chi connectivity index (χ0) is 19.0. The molecule has 3 aromatic rings. The summed E-state index contributed by atoms with van der Waals surface area (Å²) in [6, 6.07) is 4.43. The van der Waals surface area contributed by atoms with Gasteiger partial charge in [0.05, 0.1) is 11.9 Å². The van der Waals surface area contributed by atoms with E-state index in [1.165, 1.54) is 35.4 Å². The number of halogens is 1. The normalized spacial score (nSPS) is 14.9. The van der Waals surface area contributed by atoms with Crippen molar-refractivity contribution >= 4 is 27.4 Å². The zero-order valence-electron chi connectivity index (χ0n) is 15.5. The van der Waals surface area contributed by atoms with Crippen LogP contribution in [0.3, 0.4) is 0 Å². The number of aromatic nitrogens is 2. The smallest absolute Gasteiger partial charge is 0.165 e. The lowest BCUT2D eigenvalue weighted by molar-refractivity contribution is 0.323. The quantitative estimate of drug-likeness (QED) is 0.682. The largest absolute Gasteiger partial charge is 0.505 e. The summed E-state index contributed by atoms with van der Waals surface area (Å²) in [5.74, 6) is 0.675. The number of hydrogen-bond acceptors (Lipinski definition) is 6. The molecule has 1 aliphatic heterocycles. The van der Waals surface area contributed by atoms with Gasteiger partial charge in [0, 0.05) is 11.4 Å². The third-order valence-corrected chi connectivity index (χ3v) is 6.21. The highest BCUT2D eigenvalue weighted by Gasteiger charge is 2.18. The fraction of sp³-hybridized carbons (Fsp3) is 0.400. The van der Waals surface area contributed by atoms with E-state index in [1.54, 1.807) is 17.4 Å². The number of anilines is 1.